The number of nitrogens with zero attached hydrogens (tertiary/aromatic N) is 5. The van der Waals surface area contributed by atoms with E-state index in [0.29, 0.717) is 30.1 Å². The fourth-order valence-electron chi connectivity index (χ4n) is 4.03. The Kier molecular flexibility index (Phi) is 5.80. The SMILES string of the molecule is C[C@@H]1CCCN1C(=O)N(Cc1cc(F)ccc1-n1cncn1)C(=O)[C@H](N)CC1CC1. The highest BCUT2D eigenvalue weighted by Gasteiger charge is 2.36. The maximum absolute atomic E-state index is 14.1. The van der Waals surface area contributed by atoms with E-state index in [9.17, 15) is 14.0 Å². The number of carbonyl (C=O) groups excluding carboxylic acids is 2. The molecule has 4 rings (SSSR count). The van der Waals surface area contributed by atoms with Gasteiger partial charge in [-0.25, -0.2) is 18.9 Å². The van der Waals surface area contributed by atoms with Crippen molar-refractivity contribution in [3.8, 4) is 5.69 Å². The number of halogens is 1. The van der Waals surface area contributed by atoms with Crippen LogP contribution in [0, 0.1) is 11.7 Å². The Morgan fingerprint density at radius 1 is 1.33 bits per heavy atom. The zero-order valence-electron chi connectivity index (χ0n) is 17.1. The van der Waals surface area contributed by atoms with Crippen LogP contribution in [0.3, 0.4) is 0 Å². The van der Waals surface area contributed by atoms with E-state index in [1.807, 2.05) is 6.92 Å². The summed E-state index contributed by atoms with van der Waals surface area (Å²) >= 11 is 0. The molecule has 160 valence electrons. The first-order valence-electron chi connectivity index (χ1n) is 10.4. The van der Waals surface area contributed by atoms with Crippen LogP contribution in [0.4, 0.5) is 9.18 Å². The molecule has 2 N–H and O–H groups in total. The van der Waals surface area contributed by atoms with E-state index in [0.717, 1.165) is 25.7 Å². The summed E-state index contributed by atoms with van der Waals surface area (Å²) in [6, 6.07) is 3.14. The second-order valence-corrected chi connectivity index (χ2v) is 8.29. The van der Waals surface area contributed by atoms with Gasteiger partial charge in [0, 0.05) is 18.2 Å². The van der Waals surface area contributed by atoms with E-state index in [-0.39, 0.29) is 18.6 Å². The van der Waals surface area contributed by atoms with E-state index >= 15 is 0 Å². The standard InChI is InChI=1S/C21H27FN6O2/c1-14-3-2-8-26(14)21(30)27(20(29)18(23)9-15-4-5-15)11-16-10-17(22)6-7-19(16)28-13-24-12-25-28/h6-7,10,12-15,18H,2-5,8-9,11,23H2,1H3/t14-,18-/m1/s1. The molecular weight excluding hydrogens is 387 g/mol. The summed E-state index contributed by atoms with van der Waals surface area (Å²) in [7, 11) is 0. The second kappa shape index (κ2) is 8.51. The van der Waals surface area contributed by atoms with Gasteiger partial charge in [0.2, 0.25) is 5.91 Å². The first-order chi connectivity index (χ1) is 14.4. The Bertz CT molecular complexity index is 914. The van der Waals surface area contributed by atoms with E-state index < -0.39 is 17.8 Å². The summed E-state index contributed by atoms with van der Waals surface area (Å²) in [5.74, 6) is -0.420. The molecule has 0 spiro atoms. The van der Waals surface area contributed by atoms with Crippen molar-refractivity contribution in [1.29, 1.82) is 0 Å². The molecule has 2 atom stereocenters. The lowest BCUT2D eigenvalue weighted by atomic mass is 10.1. The minimum absolute atomic E-state index is 0.0507. The number of aromatic nitrogens is 3. The lowest BCUT2D eigenvalue weighted by Crippen LogP contribution is -2.52. The lowest BCUT2D eigenvalue weighted by molar-refractivity contribution is -0.131. The van der Waals surface area contributed by atoms with Crippen LogP contribution in [0.1, 0.15) is 44.6 Å². The molecule has 0 bridgehead atoms. The van der Waals surface area contributed by atoms with Crippen LogP contribution in [-0.2, 0) is 11.3 Å². The summed E-state index contributed by atoms with van der Waals surface area (Å²) in [4.78, 5) is 33.4. The first-order valence-corrected chi connectivity index (χ1v) is 10.4. The van der Waals surface area contributed by atoms with E-state index in [1.165, 1.54) is 34.4 Å². The van der Waals surface area contributed by atoms with Crippen molar-refractivity contribution < 1.29 is 14.0 Å². The van der Waals surface area contributed by atoms with Gasteiger partial charge >= 0.3 is 6.03 Å². The van der Waals surface area contributed by atoms with Gasteiger partial charge < -0.3 is 10.6 Å². The third-order valence-corrected chi connectivity index (χ3v) is 5.93. The molecule has 2 aromatic rings. The maximum Gasteiger partial charge on any atom is 0.327 e. The third kappa shape index (κ3) is 4.35. The van der Waals surface area contributed by atoms with Gasteiger partial charge in [-0.15, -0.1) is 0 Å². The van der Waals surface area contributed by atoms with Gasteiger partial charge in [0.15, 0.2) is 0 Å². The zero-order valence-corrected chi connectivity index (χ0v) is 17.1. The van der Waals surface area contributed by atoms with Crippen LogP contribution in [-0.4, -0.2) is 55.1 Å². The number of nitrogens with two attached hydrogens (primary N) is 1. The van der Waals surface area contributed by atoms with Crippen molar-refractivity contribution in [2.45, 2.75) is 57.7 Å². The van der Waals surface area contributed by atoms with Gasteiger partial charge in [-0.1, -0.05) is 12.8 Å². The fraction of sp³-hybridized carbons (Fsp3) is 0.524. The molecule has 30 heavy (non-hydrogen) atoms. The van der Waals surface area contributed by atoms with Crippen LogP contribution in [0.5, 0.6) is 0 Å². The van der Waals surface area contributed by atoms with Crippen LogP contribution >= 0.6 is 0 Å². The highest BCUT2D eigenvalue weighted by Crippen LogP contribution is 2.33. The van der Waals surface area contributed by atoms with Crippen molar-refractivity contribution in [3.05, 3.63) is 42.2 Å². The Balaban J connectivity index is 1.65. The number of amides is 3. The van der Waals surface area contributed by atoms with Gasteiger partial charge in [0.1, 0.15) is 18.5 Å². The number of imide groups is 1. The Hall–Kier alpha value is -2.81. The average Bonchev–Trinajstić information content (AvgIpc) is 3.18. The Morgan fingerprint density at radius 3 is 2.77 bits per heavy atom. The molecule has 9 heteroatoms. The molecular formula is C21H27FN6O2. The van der Waals surface area contributed by atoms with Gasteiger partial charge in [0.05, 0.1) is 18.3 Å². The molecule has 0 unspecified atom stereocenters. The van der Waals surface area contributed by atoms with E-state index in [1.54, 1.807) is 11.0 Å². The molecule has 1 saturated heterocycles. The summed E-state index contributed by atoms with van der Waals surface area (Å²) in [6.07, 6.45) is 7.36. The highest BCUT2D eigenvalue weighted by molar-refractivity contribution is 5.97. The number of hydrogen-bond acceptors (Lipinski definition) is 5. The minimum atomic E-state index is -0.747. The van der Waals surface area contributed by atoms with Gasteiger partial charge in [-0.05, 0) is 50.3 Å². The summed E-state index contributed by atoms with van der Waals surface area (Å²) in [5.41, 5.74) is 7.21. The van der Waals surface area contributed by atoms with Crippen LogP contribution < -0.4 is 5.73 Å². The number of benzene rings is 1. The van der Waals surface area contributed by atoms with Crippen molar-refractivity contribution in [1.82, 2.24) is 24.6 Å². The number of likely N-dealkylation sites (tertiary alicyclic amines) is 1. The summed E-state index contributed by atoms with van der Waals surface area (Å²) in [6.45, 7) is 2.49. The van der Waals surface area contributed by atoms with Crippen molar-refractivity contribution >= 4 is 11.9 Å². The molecule has 2 fully saturated rings. The molecule has 0 radical (unpaired) electrons. The van der Waals surface area contributed by atoms with Gasteiger partial charge in [0.25, 0.3) is 0 Å². The monoisotopic (exact) mass is 414 g/mol. The van der Waals surface area contributed by atoms with E-state index in [4.69, 9.17) is 5.73 Å². The summed E-state index contributed by atoms with van der Waals surface area (Å²) in [5, 5.41) is 4.11. The number of hydrogen-bond donors (Lipinski definition) is 1. The van der Waals surface area contributed by atoms with Gasteiger partial charge in [-0.2, -0.15) is 5.10 Å². The van der Waals surface area contributed by atoms with Crippen LogP contribution in [0.15, 0.2) is 30.9 Å². The highest BCUT2D eigenvalue weighted by atomic mass is 19.1. The van der Waals surface area contributed by atoms with Crippen LogP contribution in [0.2, 0.25) is 0 Å². The quantitative estimate of drug-likeness (QED) is 0.783. The number of urea groups is 1. The third-order valence-electron chi connectivity index (χ3n) is 5.93. The van der Waals surface area contributed by atoms with Crippen molar-refractivity contribution in [2.24, 2.45) is 11.7 Å². The molecule has 1 aromatic carbocycles. The molecule has 1 aliphatic carbocycles. The molecule has 1 aromatic heterocycles. The molecule has 1 aliphatic heterocycles. The lowest BCUT2D eigenvalue weighted by Gasteiger charge is -2.31. The molecule has 1 saturated carbocycles. The van der Waals surface area contributed by atoms with Crippen molar-refractivity contribution in [3.63, 3.8) is 0 Å². The van der Waals surface area contributed by atoms with Gasteiger partial charge in [-0.3, -0.25) is 9.69 Å². The average molecular weight is 414 g/mol. The van der Waals surface area contributed by atoms with E-state index in [2.05, 4.69) is 10.1 Å². The zero-order chi connectivity index (χ0) is 21.3. The summed E-state index contributed by atoms with van der Waals surface area (Å²) < 4.78 is 15.6. The minimum Gasteiger partial charge on any atom is -0.322 e. The largest absolute Gasteiger partial charge is 0.327 e. The number of rotatable bonds is 6. The fourth-order valence-corrected chi connectivity index (χ4v) is 4.03. The smallest absolute Gasteiger partial charge is 0.322 e. The molecule has 3 amide bonds. The molecule has 2 heterocycles. The Morgan fingerprint density at radius 2 is 2.13 bits per heavy atom. The Labute approximate surface area is 174 Å². The number of carbonyl (C=O) groups is 2. The second-order valence-electron chi connectivity index (χ2n) is 8.29. The normalized spacial score (nSPS) is 19.7. The maximum atomic E-state index is 14.1. The predicted molar refractivity (Wildman–Crippen MR) is 108 cm³/mol. The first kappa shape index (κ1) is 20.5. The predicted octanol–water partition coefficient (Wildman–Crippen LogP) is 2.47. The van der Waals surface area contributed by atoms with Crippen LogP contribution in [0.25, 0.3) is 5.69 Å². The topological polar surface area (TPSA) is 97.4 Å². The molecule has 2 aliphatic rings. The van der Waals surface area contributed by atoms with Crippen molar-refractivity contribution in [2.75, 3.05) is 6.54 Å². The molecule has 8 nitrogen and oxygen atoms in total.